The third kappa shape index (κ3) is 13.5. The van der Waals surface area contributed by atoms with Crippen LogP contribution in [0.5, 0.6) is 0 Å². The van der Waals surface area contributed by atoms with Crippen LogP contribution >= 0.6 is 0 Å². The number of fused-ring (bicyclic) bond motifs is 2. The summed E-state index contributed by atoms with van der Waals surface area (Å²) in [4.78, 5) is 9.45. The minimum absolute atomic E-state index is 1.06. The molecule has 0 unspecified atom stereocenters. The zero-order chi connectivity index (χ0) is 72.0. The molecule has 0 aromatic heterocycles. The monoisotopic (exact) mass is 1380 g/mol. The normalized spacial score (nSPS) is 11.1. The van der Waals surface area contributed by atoms with Gasteiger partial charge in [-0.05, 0) is 228 Å². The standard InChI is InChI=1S/C104H74N4/c1-6-22-75(23-7-1)78-42-58-91(59-43-78)105(92-60-44-79(45-61-92)76-24-8-2-9-25-76)94-64-48-81(49-65-94)82-50-66-95(67-51-82)106(93-62-46-80(47-63-93)77-26-10-3-11-27-77)96-68-56-85(57-69-96)87-30-18-31-88(74-87)99-37-20-39-102-101(99)38-21-41-104(102)108(90-34-14-5-15-35-90)98-72-54-84(55-73-98)83-52-70-97(71-53-83)107(89-32-12-4-13-33-89)103-40-19-29-86-28-16-17-36-100(86)103/h1-74H. The number of anilines is 12. The van der Waals surface area contributed by atoms with Crippen LogP contribution < -0.4 is 19.6 Å². The van der Waals surface area contributed by atoms with E-state index in [1.807, 2.05) is 0 Å². The van der Waals surface area contributed by atoms with Crippen LogP contribution in [0.2, 0.25) is 0 Å². The Hall–Kier alpha value is -14.3. The largest absolute Gasteiger partial charge is 0.311 e. The fraction of sp³-hybridized carbons (Fsp3) is 0. The SMILES string of the molecule is c1ccc(-c2ccc(N(c3ccc(-c4ccccc4)cc3)c3ccc(-c4ccc(N(c5ccc(-c6ccccc6)cc5)c5ccc(-c6cccc(-c7cccc8c(N(c9ccccc9)c9ccc(-c%10ccc(N(c%11ccccc%11)c%11cccc%12ccccc%11%12)cc%10)cc9)cccc78)c6)cc5)cc4)cc3)cc2)cc1. The third-order valence-corrected chi connectivity index (χ3v) is 20.7. The predicted molar refractivity (Wildman–Crippen MR) is 458 cm³/mol. The second-order valence-electron chi connectivity index (χ2n) is 27.2. The Bertz CT molecular complexity index is 5990. The molecule has 18 rings (SSSR count). The highest BCUT2D eigenvalue weighted by Gasteiger charge is 2.22. The van der Waals surface area contributed by atoms with Crippen molar-refractivity contribution in [2.45, 2.75) is 0 Å². The lowest BCUT2D eigenvalue weighted by atomic mass is 9.94. The summed E-state index contributed by atoms with van der Waals surface area (Å²) < 4.78 is 0. The van der Waals surface area contributed by atoms with Crippen molar-refractivity contribution in [3.63, 3.8) is 0 Å². The van der Waals surface area contributed by atoms with Crippen LogP contribution in [-0.2, 0) is 0 Å². The Labute approximate surface area is 632 Å². The molecule has 0 aliphatic heterocycles. The zero-order valence-electron chi connectivity index (χ0n) is 59.5. The first-order chi connectivity index (χ1) is 53.5. The molecule has 0 amide bonds. The number of hydrogen-bond acceptors (Lipinski definition) is 4. The maximum atomic E-state index is 2.39. The molecule has 18 aromatic rings. The Morgan fingerprint density at radius 2 is 0.343 bits per heavy atom. The molecule has 0 aliphatic rings. The minimum Gasteiger partial charge on any atom is -0.311 e. The number of para-hydroxylation sites is 2. The van der Waals surface area contributed by atoms with Crippen molar-refractivity contribution in [3.05, 3.63) is 449 Å². The summed E-state index contributed by atoms with van der Waals surface area (Å²) in [5.41, 5.74) is 29.3. The topological polar surface area (TPSA) is 13.0 Å². The highest BCUT2D eigenvalue weighted by atomic mass is 15.2. The van der Waals surface area contributed by atoms with E-state index in [0.717, 1.165) is 113 Å². The van der Waals surface area contributed by atoms with Gasteiger partial charge < -0.3 is 19.6 Å². The Balaban J connectivity index is 0.625. The van der Waals surface area contributed by atoms with Crippen molar-refractivity contribution >= 4 is 89.8 Å². The van der Waals surface area contributed by atoms with Crippen LogP contribution in [0.3, 0.4) is 0 Å². The minimum atomic E-state index is 1.06. The summed E-state index contributed by atoms with van der Waals surface area (Å²) >= 11 is 0. The maximum absolute atomic E-state index is 2.39. The lowest BCUT2D eigenvalue weighted by Crippen LogP contribution is -2.10. The summed E-state index contributed by atoms with van der Waals surface area (Å²) in [7, 11) is 0. The van der Waals surface area contributed by atoms with Crippen molar-refractivity contribution in [1.29, 1.82) is 0 Å². The van der Waals surface area contributed by atoms with E-state index in [-0.39, 0.29) is 0 Å². The van der Waals surface area contributed by atoms with Crippen molar-refractivity contribution in [1.82, 2.24) is 0 Å². The lowest BCUT2D eigenvalue weighted by Gasteiger charge is -2.27. The molecule has 0 saturated heterocycles. The fourth-order valence-electron chi connectivity index (χ4n) is 15.2. The summed E-state index contributed by atoms with van der Waals surface area (Å²) in [5.74, 6) is 0. The predicted octanol–water partition coefficient (Wildman–Crippen LogP) is 29.5. The van der Waals surface area contributed by atoms with Crippen LogP contribution in [0.1, 0.15) is 0 Å². The number of rotatable bonds is 19. The molecular formula is C104H74N4. The van der Waals surface area contributed by atoms with Gasteiger partial charge in [0.2, 0.25) is 0 Å². The quantitative estimate of drug-likeness (QED) is 0.0800. The van der Waals surface area contributed by atoms with E-state index in [4.69, 9.17) is 0 Å². The average molecular weight is 1380 g/mol. The van der Waals surface area contributed by atoms with E-state index in [1.165, 1.54) is 55.1 Å². The van der Waals surface area contributed by atoms with E-state index < -0.39 is 0 Å². The van der Waals surface area contributed by atoms with Crippen molar-refractivity contribution in [3.8, 4) is 77.9 Å². The van der Waals surface area contributed by atoms with Crippen LogP contribution in [0, 0.1) is 0 Å². The molecule has 0 radical (unpaired) electrons. The molecule has 0 atom stereocenters. The Morgan fingerprint density at radius 1 is 0.120 bits per heavy atom. The van der Waals surface area contributed by atoms with Crippen LogP contribution in [0.25, 0.3) is 99.4 Å². The number of benzene rings is 18. The molecule has 0 aliphatic carbocycles. The highest BCUT2D eigenvalue weighted by molar-refractivity contribution is 6.06. The van der Waals surface area contributed by atoms with Gasteiger partial charge >= 0.3 is 0 Å². The summed E-state index contributed by atoms with van der Waals surface area (Å²) in [5, 5.41) is 4.76. The van der Waals surface area contributed by atoms with Gasteiger partial charge in [-0.1, -0.05) is 309 Å². The molecule has 0 N–H and O–H groups in total. The van der Waals surface area contributed by atoms with Gasteiger partial charge in [0, 0.05) is 67.6 Å². The van der Waals surface area contributed by atoms with Crippen LogP contribution in [0.4, 0.5) is 68.2 Å². The first-order valence-electron chi connectivity index (χ1n) is 36.9. The lowest BCUT2D eigenvalue weighted by molar-refractivity contribution is 1.28. The van der Waals surface area contributed by atoms with Crippen molar-refractivity contribution in [2.75, 3.05) is 19.6 Å². The number of nitrogens with zero attached hydrogens (tertiary/aromatic N) is 4. The Morgan fingerprint density at radius 3 is 0.713 bits per heavy atom. The molecule has 0 bridgehead atoms. The van der Waals surface area contributed by atoms with E-state index in [0.29, 0.717) is 0 Å². The molecule has 108 heavy (non-hydrogen) atoms. The average Bonchev–Trinajstić information content (AvgIpc) is 0.760. The van der Waals surface area contributed by atoms with E-state index in [2.05, 4.69) is 469 Å². The molecule has 18 aromatic carbocycles. The first-order valence-corrected chi connectivity index (χ1v) is 36.9. The fourth-order valence-corrected chi connectivity index (χ4v) is 15.2. The van der Waals surface area contributed by atoms with Gasteiger partial charge in [-0.25, -0.2) is 0 Å². The van der Waals surface area contributed by atoms with E-state index in [1.54, 1.807) is 0 Å². The van der Waals surface area contributed by atoms with Crippen LogP contribution in [-0.4, -0.2) is 0 Å². The van der Waals surface area contributed by atoms with Crippen molar-refractivity contribution in [2.24, 2.45) is 0 Å². The van der Waals surface area contributed by atoms with Gasteiger partial charge in [0.15, 0.2) is 0 Å². The molecule has 0 heterocycles. The molecular weight excluding hydrogens is 1310 g/mol. The van der Waals surface area contributed by atoms with Gasteiger partial charge in [0.05, 0.1) is 11.4 Å². The van der Waals surface area contributed by atoms with E-state index in [9.17, 15) is 0 Å². The summed E-state index contributed by atoms with van der Waals surface area (Å²) in [6.45, 7) is 0. The van der Waals surface area contributed by atoms with Gasteiger partial charge in [0.25, 0.3) is 0 Å². The summed E-state index contributed by atoms with van der Waals surface area (Å²) in [6, 6.07) is 162. The molecule has 0 saturated carbocycles. The molecule has 4 nitrogen and oxygen atoms in total. The first kappa shape index (κ1) is 65.7. The third-order valence-electron chi connectivity index (χ3n) is 20.7. The molecule has 0 fully saturated rings. The highest BCUT2D eigenvalue weighted by Crippen LogP contribution is 2.46. The van der Waals surface area contributed by atoms with Crippen LogP contribution in [0.15, 0.2) is 449 Å². The van der Waals surface area contributed by atoms with Gasteiger partial charge in [-0.3, -0.25) is 0 Å². The van der Waals surface area contributed by atoms with Gasteiger partial charge in [-0.2, -0.15) is 0 Å². The Kier molecular flexibility index (Phi) is 18.1. The second kappa shape index (κ2) is 29.8. The van der Waals surface area contributed by atoms with Gasteiger partial charge in [-0.15, -0.1) is 0 Å². The summed E-state index contributed by atoms with van der Waals surface area (Å²) in [6.07, 6.45) is 0. The second-order valence-corrected chi connectivity index (χ2v) is 27.2. The molecule has 510 valence electrons. The van der Waals surface area contributed by atoms with E-state index >= 15 is 0 Å². The van der Waals surface area contributed by atoms with Crippen molar-refractivity contribution < 1.29 is 0 Å². The molecule has 4 heteroatoms. The maximum Gasteiger partial charge on any atom is 0.0540 e. The van der Waals surface area contributed by atoms with Gasteiger partial charge in [0.1, 0.15) is 0 Å². The molecule has 0 spiro atoms. The smallest absolute Gasteiger partial charge is 0.0540 e. The zero-order valence-corrected chi connectivity index (χ0v) is 59.5. The number of hydrogen-bond donors (Lipinski definition) is 0.